The van der Waals surface area contributed by atoms with Crippen LogP contribution >= 0.6 is 43.5 Å². The van der Waals surface area contributed by atoms with Crippen molar-refractivity contribution < 1.29 is 23.1 Å². The Balaban J connectivity index is 0.000000310. The van der Waals surface area contributed by atoms with Crippen molar-refractivity contribution in [1.29, 1.82) is 5.26 Å². The van der Waals surface area contributed by atoms with E-state index in [1.807, 2.05) is 6.07 Å². The van der Waals surface area contributed by atoms with E-state index in [-0.39, 0.29) is 27.3 Å². The van der Waals surface area contributed by atoms with E-state index in [4.69, 9.17) is 21.6 Å². The zero-order valence-electron chi connectivity index (χ0n) is 17.4. The predicted octanol–water partition coefficient (Wildman–Crippen LogP) is 3.56. The number of methoxy groups -OCH3 is 1. The molecule has 3 aromatic rings. The number of nitriles is 1. The molecule has 1 aromatic heterocycles. The minimum Gasteiger partial charge on any atom is -0.506 e. The third-order valence-corrected chi connectivity index (χ3v) is 6.67. The highest BCUT2D eigenvalue weighted by Crippen LogP contribution is 2.32. The van der Waals surface area contributed by atoms with Crippen LogP contribution in [0.3, 0.4) is 0 Å². The highest BCUT2D eigenvalue weighted by atomic mass is 79.9. The lowest BCUT2D eigenvalue weighted by Gasteiger charge is -2.05. The third-order valence-electron chi connectivity index (χ3n) is 3.64. The number of hydrogen-bond donors (Lipinski definition) is 3. The van der Waals surface area contributed by atoms with Gasteiger partial charge in [0.15, 0.2) is 0 Å². The molecule has 0 fully saturated rings. The lowest BCUT2D eigenvalue weighted by atomic mass is 10.2. The molecule has 0 spiro atoms. The number of phenolic OH excluding ortho intramolecular Hbond substituents is 1. The van der Waals surface area contributed by atoms with Crippen LogP contribution in [0.2, 0.25) is 5.02 Å². The van der Waals surface area contributed by atoms with E-state index in [1.54, 1.807) is 29.8 Å². The van der Waals surface area contributed by atoms with Gasteiger partial charge in [-0.05, 0) is 63.0 Å². The molecular formula is C19H15Br2ClN6O5S. The molecule has 0 unspecified atom stereocenters. The lowest BCUT2D eigenvalue weighted by molar-refractivity contribution is 0.253. The lowest BCUT2D eigenvalue weighted by Crippen LogP contribution is -2.31. The number of nitrogens with zero attached hydrogens (tertiary/aromatic N) is 4. The van der Waals surface area contributed by atoms with Crippen LogP contribution < -0.4 is 15.1 Å². The van der Waals surface area contributed by atoms with Gasteiger partial charge in [0.05, 0.1) is 32.7 Å². The number of aromatic hydroxyl groups is 1. The number of aromatic amines is 1. The monoisotopic (exact) mass is 632 g/mol. The summed E-state index contributed by atoms with van der Waals surface area (Å²) in [6, 6.07) is 9.73. The second-order valence-corrected chi connectivity index (χ2v) is 9.85. The Hall–Kier alpha value is -2.99. The van der Waals surface area contributed by atoms with E-state index in [1.165, 1.54) is 25.3 Å². The topological polar surface area (TPSA) is 170 Å². The number of hydrogen-bond acceptors (Lipinski definition) is 8. The van der Waals surface area contributed by atoms with Gasteiger partial charge in [-0.25, -0.2) is 17.9 Å². The van der Waals surface area contributed by atoms with Crippen LogP contribution in [0.1, 0.15) is 11.4 Å². The van der Waals surface area contributed by atoms with Crippen molar-refractivity contribution in [3.8, 4) is 17.8 Å². The normalized spacial score (nSPS) is 11.1. The van der Waals surface area contributed by atoms with Crippen molar-refractivity contribution in [3.05, 3.63) is 67.4 Å². The number of sulfonamides is 1. The van der Waals surface area contributed by atoms with Crippen molar-refractivity contribution in [2.75, 3.05) is 7.11 Å². The Kier molecular flexibility index (Phi) is 9.56. The summed E-state index contributed by atoms with van der Waals surface area (Å²) < 4.78 is 31.9. The molecule has 0 aliphatic rings. The molecule has 1 heterocycles. The van der Waals surface area contributed by atoms with Gasteiger partial charge < -0.3 is 9.84 Å². The minimum absolute atomic E-state index is 0.0149. The van der Waals surface area contributed by atoms with Crippen LogP contribution in [0.15, 0.2) is 55.2 Å². The van der Waals surface area contributed by atoms with E-state index in [9.17, 15) is 18.3 Å². The maximum absolute atomic E-state index is 12.1. The summed E-state index contributed by atoms with van der Waals surface area (Å²) >= 11 is 12.0. The van der Waals surface area contributed by atoms with Gasteiger partial charge in [0.1, 0.15) is 16.5 Å². The highest BCUT2D eigenvalue weighted by Gasteiger charge is 2.20. The first-order chi connectivity index (χ1) is 16.0. The second-order valence-electron chi connectivity index (χ2n) is 6.08. The van der Waals surface area contributed by atoms with Crippen molar-refractivity contribution in [1.82, 2.24) is 19.7 Å². The Morgan fingerprint density at radius 3 is 2.44 bits per heavy atom. The number of phenols is 1. The van der Waals surface area contributed by atoms with Gasteiger partial charge in [0.2, 0.25) is 5.62 Å². The van der Waals surface area contributed by atoms with E-state index in [2.05, 4.69) is 51.8 Å². The smallest absolute Gasteiger partial charge is 0.358 e. The van der Waals surface area contributed by atoms with Crippen LogP contribution in [-0.4, -0.2) is 41.6 Å². The van der Waals surface area contributed by atoms with Gasteiger partial charge in [0, 0.05) is 0 Å². The van der Waals surface area contributed by atoms with Crippen LogP contribution in [0, 0.1) is 18.3 Å². The number of carbonyl (C=O) groups excluding carboxylic acids is 1. The average Bonchev–Trinajstić information content (AvgIpc) is 2.76. The molecular weight excluding hydrogens is 620 g/mol. The van der Waals surface area contributed by atoms with Gasteiger partial charge in [-0.1, -0.05) is 23.7 Å². The molecule has 178 valence electrons. The zero-order valence-corrected chi connectivity index (χ0v) is 22.1. The van der Waals surface area contributed by atoms with Crippen LogP contribution in [0.5, 0.6) is 11.8 Å². The van der Waals surface area contributed by atoms with Crippen molar-refractivity contribution in [3.63, 3.8) is 0 Å². The quantitative estimate of drug-likeness (QED) is 0.393. The van der Waals surface area contributed by atoms with E-state index in [0.717, 1.165) is 0 Å². The number of aromatic nitrogens is 3. The molecule has 34 heavy (non-hydrogen) atoms. The molecule has 0 radical (unpaired) electrons. The highest BCUT2D eigenvalue weighted by molar-refractivity contribution is 9.11. The number of halogens is 3. The summed E-state index contributed by atoms with van der Waals surface area (Å²) in [5, 5.41) is 17.7. The van der Waals surface area contributed by atoms with Crippen LogP contribution in [0.25, 0.3) is 0 Å². The molecule has 3 N–H and O–H groups in total. The second kappa shape index (κ2) is 11.9. The fraction of sp³-hybridized carbons (Fsp3) is 0.105. The number of benzene rings is 2. The summed E-state index contributed by atoms with van der Waals surface area (Å²) in [6.45, 7) is 1.56. The molecule has 2 amide bonds. The summed E-state index contributed by atoms with van der Waals surface area (Å²) in [5.41, 5.74) is 0.350. The van der Waals surface area contributed by atoms with Crippen molar-refractivity contribution in [2.24, 2.45) is 4.99 Å². The number of urea groups is 1. The van der Waals surface area contributed by atoms with Gasteiger partial charge in [-0.2, -0.15) is 20.2 Å². The number of nitrogens with one attached hydrogen (secondary N) is 2. The van der Waals surface area contributed by atoms with Crippen LogP contribution in [0.4, 0.5) is 4.79 Å². The molecule has 0 atom stereocenters. The molecule has 0 saturated heterocycles. The Morgan fingerprint density at radius 2 is 1.88 bits per heavy atom. The molecule has 15 heteroatoms. The van der Waals surface area contributed by atoms with Gasteiger partial charge >= 0.3 is 6.03 Å². The van der Waals surface area contributed by atoms with E-state index in [0.29, 0.717) is 20.3 Å². The van der Waals surface area contributed by atoms with Gasteiger partial charge in [0.25, 0.3) is 16.0 Å². The summed E-state index contributed by atoms with van der Waals surface area (Å²) in [6.07, 6.45) is 0. The van der Waals surface area contributed by atoms with Gasteiger partial charge in [-0.15, -0.1) is 0 Å². The summed E-state index contributed by atoms with van der Waals surface area (Å²) in [4.78, 5) is 25.3. The summed E-state index contributed by atoms with van der Waals surface area (Å²) in [5.74, 6) is 0.408. The number of carbonyl (C=O) groups is 1. The third kappa shape index (κ3) is 7.52. The first-order valence-corrected chi connectivity index (χ1v) is 12.3. The molecule has 0 aliphatic heterocycles. The molecule has 3 rings (SSSR count). The number of amides is 2. The molecule has 11 nitrogen and oxygen atoms in total. The first kappa shape index (κ1) is 27.3. The van der Waals surface area contributed by atoms with Crippen molar-refractivity contribution in [2.45, 2.75) is 11.8 Å². The zero-order chi connectivity index (χ0) is 25.5. The van der Waals surface area contributed by atoms with E-state index >= 15 is 0 Å². The number of aryl methyl sites for hydroxylation is 1. The van der Waals surface area contributed by atoms with Crippen LogP contribution in [-0.2, 0) is 10.0 Å². The van der Waals surface area contributed by atoms with E-state index < -0.39 is 16.1 Å². The summed E-state index contributed by atoms with van der Waals surface area (Å²) in [7, 11) is -2.78. The molecule has 0 bridgehead atoms. The standard InChI is InChI=1S/C12H12ClN5O4S.C7H3Br2NO/c1-7-14-10(17-12(15-7)22-2)16-11(19)18-23(20,21)9-6-4-3-5-8(9)13;8-5-1-4(3-10)2-6(9)7(5)11/h3-6H,1-2H3,(H2,14,15,16,17,18,19);1-2,11H. The number of ether oxygens (including phenoxy) is 1. The molecule has 2 aromatic carbocycles. The Bertz CT molecular complexity index is 1420. The number of H-pyrrole nitrogens is 1. The Labute approximate surface area is 215 Å². The Morgan fingerprint density at radius 1 is 1.26 bits per heavy atom. The first-order valence-electron chi connectivity index (χ1n) is 8.90. The largest absolute Gasteiger partial charge is 0.506 e. The fourth-order valence-electron chi connectivity index (χ4n) is 2.21. The maximum Gasteiger partial charge on any atom is 0.358 e. The van der Waals surface area contributed by atoms with Gasteiger partial charge in [-0.3, -0.25) is 4.98 Å². The maximum atomic E-state index is 12.1. The fourth-order valence-corrected chi connectivity index (χ4v) is 4.80. The predicted molar refractivity (Wildman–Crippen MR) is 129 cm³/mol. The van der Waals surface area contributed by atoms with Crippen molar-refractivity contribution >= 4 is 59.5 Å². The molecule has 0 aliphatic carbocycles. The number of rotatable bonds is 3. The minimum atomic E-state index is -4.15. The SMILES string of the molecule is COc1nc(C)nc(=NC(=O)NS(=O)(=O)c2ccccc2Cl)[nH]1.N#Cc1cc(Br)c(O)c(Br)c1. The average molecular weight is 635 g/mol. The molecule has 0 saturated carbocycles.